The number of carbonyl (C=O) groups is 2. The van der Waals surface area contributed by atoms with Crippen molar-refractivity contribution in [2.45, 2.75) is 66.0 Å². The van der Waals surface area contributed by atoms with E-state index in [4.69, 9.17) is 19.7 Å². The largest absolute Gasteiger partial charge is 0.491 e. The highest BCUT2D eigenvalue weighted by atomic mass is 16.5. The van der Waals surface area contributed by atoms with Crippen LogP contribution in [0, 0.1) is 5.41 Å². The Labute approximate surface area is 209 Å². The number of aromatic nitrogens is 3. The summed E-state index contributed by atoms with van der Waals surface area (Å²) in [4.78, 5) is 36.1. The number of hydrogen-bond donors (Lipinski definition) is 1. The van der Waals surface area contributed by atoms with Gasteiger partial charge in [-0.15, -0.1) is 0 Å². The van der Waals surface area contributed by atoms with Gasteiger partial charge in [0.05, 0.1) is 37.2 Å². The van der Waals surface area contributed by atoms with Crippen LogP contribution in [0.15, 0.2) is 35.3 Å². The van der Waals surface area contributed by atoms with Crippen molar-refractivity contribution in [2.75, 3.05) is 13.2 Å². The lowest BCUT2D eigenvalue weighted by atomic mass is 9.85. The van der Waals surface area contributed by atoms with Crippen molar-refractivity contribution in [1.29, 1.82) is 0 Å². The Kier molecular flexibility index (Phi) is 7.19. The summed E-state index contributed by atoms with van der Waals surface area (Å²) in [6.45, 7) is 9.31. The van der Waals surface area contributed by atoms with E-state index in [0.29, 0.717) is 36.5 Å². The lowest BCUT2D eigenvalue weighted by Crippen LogP contribution is -2.35. The van der Waals surface area contributed by atoms with Crippen molar-refractivity contribution >= 4 is 22.8 Å². The predicted octanol–water partition coefficient (Wildman–Crippen LogP) is 4.67. The third kappa shape index (κ3) is 5.01. The highest BCUT2D eigenvalue weighted by molar-refractivity contribution is 5.97. The highest BCUT2D eigenvalue weighted by Crippen LogP contribution is 2.43. The highest BCUT2D eigenvalue weighted by Gasteiger charge is 2.35. The molecule has 0 spiro atoms. The molecule has 192 valence electrons. The zero-order chi connectivity index (χ0) is 26.0. The minimum Gasteiger partial charge on any atom is -0.491 e. The molecule has 0 aliphatic carbocycles. The van der Waals surface area contributed by atoms with E-state index >= 15 is 0 Å². The average Bonchev–Trinajstić information content (AvgIpc) is 3.19. The molecule has 1 aliphatic rings. The fraction of sp³-hybridized carbons (Fsp3) is 0.481. The summed E-state index contributed by atoms with van der Waals surface area (Å²) >= 11 is 0. The maximum absolute atomic E-state index is 13.0. The number of carbonyl (C=O) groups excluding carboxylic acids is 1. The number of hydrogen-bond acceptors (Lipinski definition) is 6. The molecular weight excluding hydrogens is 462 g/mol. The molecule has 1 aromatic carbocycles. The van der Waals surface area contributed by atoms with Crippen LogP contribution in [0.25, 0.3) is 22.3 Å². The standard InChI is InChI=1S/C27H33N3O6/c1-5-35-26(34)18-15-29-19(14-20(18)31)25-17-10-9-11-21(36-13-8-6-7-12-23(32)33)24(17)28-30(25)16-22(29)27(2,3)4/h9-11,14-15,22H,5-8,12-13,16H2,1-4H3,(H,32,33)/t22-/m0/s1. The molecule has 0 unspecified atom stereocenters. The molecule has 9 heteroatoms. The Morgan fingerprint density at radius 3 is 2.67 bits per heavy atom. The van der Waals surface area contributed by atoms with Crippen LogP contribution in [0.5, 0.6) is 5.75 Å². The molecule has 1 N–H and O–H groups in total. The van der Waals surface area contributed by atoms with Gasteiger partial charge in [-0.25, -0.2) is 4.79 Å². The molecule has 2 aromatic heterocycles. The Balaban J connectivity index is 1.73. The fourth-order valence-corrected chi connectivity index (χ4v) is 4.68. The van der Waals surface area contributed by atoms with Crippen molar-refractivity contribution in [3.05, 3.63) is 46.2 Å². The molecule has 0 fully saturated rings. The first-order valence-corrected chi connectivity index (χ1v) is 12.4. The lowest BCUT2D eigenvalue weighted by Gasteiger charge is -2.38. The van der Waals surface area contributed by atoms with Gasteiger partial charge in [0.25, 0.3) is 0 Å². The molecule has 1 atom stereocenters. The van der Waals surface area contributed by atoms with Gasteiger partial charge in [0.15, 0.2) is 5.43 Å². The lowest BCUT2D eigenvalue weighted by molar-refractivity contribution is -0.137. The third-order valence-electron chi connectivity index (χ3n) is 6.52. The quantitative estimate of drug-likeness (QED) is 0.339. The molecule has 0 radical (unpaired) electrons. The number of benzene rings is 1. The number of nitrogens with zero attached hydrogens (tertiary/aromatic N) is 3. The van der Waals surface area contributed by atoms with Gasteiger partial charge in [-0.05, 0) is 37.7 Å². The van der Waals surface area contributed by atoms with Crippen LogP contribution in [0.1, 0.15) is 69.8 Å². The van der Waals surface area contributed by atoms with Crippen molar-refractivity contribution < 1.29 is 24.2 Å². The molecular formula is C27H33N3O6. The zero-order valence-electron chi connectivity index (χ0n) is 21.2. The normalized spacial score (nSPS) is 14.8. The van der Waals surface area contributed by atoms with Gasteiger partial charge in [-0.3, -0.25) is 14.3 Å². The van der Waals surface area contributed by atoms with Crippen LogP contribution in [-0.4, -0.2) is 44.6 Å². The van der Waals surface area contributed by atoms with Gasteiger partial charge in [0.2, 0.25) is 0 Å². The van der Waals surface area contributed by atoms with Crippen LogP contribution < -0.4 is 10.2 Å². The topological polar surface area (TPSA) is 113 Å². The Morgan fingerprint density at radius 1 is 1.19 bits per heavy atom. The first kappa shape index (κ1) is 25.5. The molecule has 0 bridgehead atoms. The van der Waals surface area contributed by atoms with Gasteiger partial charge in [-0.2, -0.15) is 5.10 Å². The third-order valence-corrected chi connectivity index (χ3v) is 6.52. The summed E-state index contributed by atoms with van der Waals surface area (Å²) in [6.07, 6.45) is 3.93. The number of unbranched alkanes of at least 4 members (excludes halogenated alkanes) is 2. The average molecular weight is 496 g/mol. The van der Waals surface area contributed by atoms with E-state index in [1.165, 1.54) is 6.07 Å². The first-order valence-electron chi connectivity index (χ1n) is 12.4. The fourth-order valence-electron chi connectivity index (χ4n) is 4.68. The molecule has 4 rings (SSSR count). The van der Waals surface area contributed by atoms with E-state index in [1.54, 1.807) is 13.1 Å². The molecule has 3 aromatic rings. The summed E-state index contributed by atoms with van der Waals surface area (Å²) in [5, 5.41) is 14.5. The van der Waals surface area contributed by atoms with Gasteiger partial charge in [-0.1, -0.05) is 32.9 Å². The van der Waals surface area contributed by atoms with E-state index in [0.717, 1.165) is 23.9 Å². The molecule has 36 heavy (non-hydrogen) atoms. The van der Waals surface area contributed by atoms with Crippen molar-refractivity contribution in [1.82, 2.24) is 14.3 Å². The number of pyridine rings is 1. The Morgan fingerprint density at radius 2 is 1.97 bits per heavy atom. The van der Waals surface area contributed by atoms with E-state index in [-0.39, 0.29) is 35.5 Å². The van der Waals surface area contributed by atoms with E-state index in [9.17, 15) is 14.4 Å². The number of aliphatic carboxylic acids is 1. The Bertz CT molecular complexity index is 1350. The SMILES string of the molecule is CCOC(=O)c1cn2c(cc1=O)-c1c3cccc(OCCCCCC(=O)O)c3nn1C[C@H]2C(C)(C)C. The summed E-state index contributed by atoms with van der Waals surface area (Å²) in [5.74, 6) is -0.753. The zero-order valence-corrected chi connectivity index (χ0v) is 21.2. The molecule has 1 aliphatic heterocycles. The van der Waals surface area contributed by atoms with Crippen molar-refractivity contribution in [2.24, 2.45) is 5.41 Å². The number of rotatable bonds is 9. The van der Waals surface area contributed by atoms with Crippen LogP contribution >= 0.6 is 0 Å². The van der Waals surface area contributed by atoms with E-state index < -0.39 is 11.9 Å². The molecule has 0 saturated heterocycles. The number of carboxylic acids is 1. The van der Waals surface area contributed by atoms with E-state index in [1.807, 2.05) is 27.4 Å². The summed E-state index contributed by atoms with van der Waals surface area (Å²) in [7, 11) is 0. The van der Waals surface area contributed by atoms with Gasteiger partial charge >= 0.3 is 11.9 Å². The maximum atomic E-state index is 13.0. The van der Waals surface area contributed by atoms with Gasteiger partial charge in [0.1, 0.15) is 16.8 Å². The first-order chi connectivity index (χ1) is 17.1. The second-order valence-corrected chi connectivity index (χ2v) is 10.2. The van der Waals surface area contributed by atoms with Crippen LogP contribution in [0.2, 0.25) is 0 Å². The summed E-state index contributed by atoms with van der Waals surface area (Å²) in [6, 6.07) is 7.18. The molecule has 0 saturated carbocycles. The van der Waals surface area contributed by atoms with Crippen LogP contribution in [0.3, 0.4) is 0 Å². The predicted molar refractivity (Wildman–Crippen MR) is 135 cm³/mol. The van der Waals surface area contributed by atoms with Gasteiger partial charge < -0.3 is 19.1 Å². The number of carboxylic acid groups (broad SMARTS) is 1. The number of ether oxygens (including phenoxy) is 2. The van der Waals surface area contributed by atoms with Gasteiger partial charge in [0, 0.05) is 24.1 Å². The maximum Gasteiger partial charge on any atom is 0.343 e. The molecule has 9 nitrogen and oxygen atoms in total. The minimum atomic E-state index is -0.786. The van der Waals surface area contributed by atoms with Crippen LogP contribution in [-0.2, 0) is 16.1 Å². The molecule has 0 amide bonds. The van der Waals surface area contributed by atoms with E-state index in [2.05, 4.69) is 20.8 Å². The van der Waals surface area contributed by atoms with Crippen LogP contribution in [0.4, 0.5) is 0 Å². The second kappa shape index (κ2) is 10.2. The second-order valence-electron chi connectivity index (χ2n) is 10.2. The summed E-state index contributed by atoms with van der Waals surface area (Å²) in [5.41, 5.74) is 1.68. The monoisotopic (exact) mass is 495 g/mol. The molecule has 3 heterocycles. The smallest absolute Gasteiger partial charge is 0.343 e. The summed E-state index contributed by atoms with van der Waals surface area (Å²) < 4.78 is 15.1. The number of fused-ring (bicyclic) bond motifs is 5. The van der Waals surface area contributed by atoms with Crippen molar-refractivity contribution in [3.8, 4) is 17.1 Å². The Hall–Kier alpha value is -3.62. The minimum absolute atomic E-state index is 0.0269. The number of esters is 1. The van der Waals surface area contributed by atoms with Crippen molar-refractivity contribution in [3.63, 3.8) is 0 Å².